The van der Waals surface area contributed by atoms with Crippen molar-refractivity contribution in [2.75, 3.05) is 26.7 Å². The van der Waals surface area contributed by atoms with Crippen LogP contribution in [0.15, 0.2) is 0 Å². The van der Waals surface area contributed by atoms with Gasteiger partial charge >= 0.3 is 0 Å². The van der Waals surface area contributed by atoms with Crippen LogP contribution in [-0.2, 0) is 0 Å². The molecule has 1 rings (SSSR count). The molecular formula is C13H28N2. The Morgan fingerprint density at radius 1 is 1.27 bits per heavy atom. The van der Waals surface area contributed by atoms with E-state index in [0.29, 0.717) is 0 Å². The lowest BCUT2D eigenvalue weighted by Crippen LogP contribution is -2.39. The maximum absolute atomic E-state index is 3.68. The number of nitrogens with one attached hydrogen (secondary N) is 1. The van der Waals surface area contributed by atoms with E-state index in [9.17, 15) is 0 Å². The van der Waals surface area contributed by atoms with Gasteiger partial charge < -0.3 is 10.2 Å². The van der Waals surface area contributed by atoms with E-state index < -0.39 is 0 Å². The second kappa shape index (κ2) is 7.24. The Kier molecular flexibility index (Phi) is 6.26. The van der Waals surface area contributed by atoms with Crippen LogP contribution in [0.1, 0.15) is 46.0 Å². The number of rotatable bonds is 6. The van der Waals surface area contributed by atoms with Crippen LogP contribution >= 0.6 is 0 Å². The highest BCUT2D eigenvalue weighted by atomic mass is 15.1. The molecule has 0 saturated heterocycles. The van der Waals surface area contributed by atoms with Gasteiger partial charge in [-0.15, -0.1) is 0 Å². The third-order valence-electron chi connectivity index (χ3n) is 3.86. The van der Waals surface area contributed by atoms with Gasteiger partial charge in [0.1, 0.15) is 0 Å². The first-order valence-corrected chi connectivity index (χ1v) is 6.66. The van der Waals surface area contributed by atoms with Gasteiger partial charge in [0.25, 0.3) is 0 Å². The minimum absolute atomic E-state index is 0.718. The summed E-state index contributed by atoms with van der Waals surface area (Å²) in [5.41, 5.74) is 0. The fourth-order valence-corrected chi connectivity index (χ4v) is 2.44. The molecule has 0 bridgehead atoms. The first kappa shape index (κ1) is 13.0. The lowest BCUT2D eigenvalue weighted by atomic mass is 9.84. The standard InChI is InChI=1S/C13H28N2/c1-4-15(3)11-10-14-12(2)13-8-6-5-7-9-13/h12-14H,4-11H2,1-3H3. The first-order valence-electron chi connectivity index (χ1n) is 6.66. The van der Waals surface area contributed by atoms with Crippen molar-refractivity contribution in [1.29, 1.82) is 0 Å². The number of hydrogen-bond donors (Lipinski definition) is 1. The van der Waals surface area contributed by atoms with Crippen molar-refractivity contribution in [2.45, 2.75) is 52.0 Å². The van der Waals surface area contributed by atoms with E-state index in [1.807, 2.05) is 0 Å². The largest absolute Gasteiger partial charge is 0.313 e. The Labute approximate surface area is 95.4 Å². The average molecular weight is 212 g/mol. The Morgan fingerprint density at radius 3 is 2.53 bits per heavy atom. The summed E-state index contributed by atoms with van der Waals surface area (Å²) < 4.78 is 0. The predicted octanol–water partition coefficient (Wildman–Crippen LogP) is 2.50. The summed E-state index contributed by atoms with van der Waals surface area (Å²) in [6, 6.07) is 0.718. The summed E-state index contributed by atoms with van der Waals surface area (Å²) in [6.07, 6.45) is 7.24. The number of nitrogens with zero attached hydrogens (tertiary/aromatic N) is 1. The van der Waals surface area contributed by atoms with E-state index in [0.717, 1.165) is 25.0 Å². The van der Waals surface area contributed by atoms with Gasteiger partial charge in [0.2, 0.25) is 0 Å². The molecule has 0 spiro atoms. The van der Waals surface area contributed by atoms with Gasteiger partial charge in [-0.05, 0) is 39.3 Å². The Hall–Kier alpha value is -0.0800. The van der Waals surface area contributed by atoms with Gasteiger partial charge in [0.15, 0.2) is 0 Å². The maximum Gasteiger partial charge on any atom is 0.0104 e. The molecule has 1 aliphatic carbocycles. The maximum atomic E-state index is 3.68. The number of hydrogen-bond acceptors (Lipinski definition) is 2. The highest BCUT2D eigenvalue weighted by Crippen LogP contribution is 2.26. The van der Waals surface area contributed by atoms with E-state index >= 15 is 0 Å². The summed E-state index contributed by atoms with van der Waals surface area (Å²) in [6.45, 7) is 8.04. The van der Waals surface area contributed by atoms with Gasteiger partial charge in [0.05, 0.1) is 0 Å². The van der Waals surface area contributed by atoms with Crippen molar-refractivity contribution in [1.82, 2.24) is 10.2 Å². The van der Waals surface area contributed by atoms with Gasteiger partial charge in [-0.2, -0.15) is 0 Å². The minimum Gasteiger partial charge on any atom is -0.313 e. The highest BCUT2D eigenvalue weighted by Gasteiger charge is 2.19. The normalized spacial score (nSPS) is 20.8. The van der Waals surface area contributed by atoms with Crippen LogP contribution in [0.25, 0.3) is 0 Å². The van der Waals surface area contributed by atoms with E-state index in [-0.39, 0.29) is 0 Å². The topological polar surface area (TPSA) is 15.3 Å². The van der Waals surface area contributed by atoms with Crippen molar-refractivity contribution in [3.05, 3.63) is 0 Å². The second-order valence-electron chi connectivity index (χ2n) is 5.04. The zero-order valence-corrected chi connectivity index (χ0v) is 10.8. The minimum atomic E-state index is 0.718. The summed E-state index contributed by atoms with van der Waals surface area (Å²) in [5, 5.41) is 3.68. The molecule has 0 heterocycles. The Balaban J connectivity index is 2.09. The van der Waals surface area contributed by atoms with Crippen LogP contribution in [0.3, 0.4) is 0 Å². The average Bonchev–Trinajstić information content (AvgIpc) is 2.29. The van der Waals surface area contributed by atoms with Crippen LogP contribution in [0.2, 0.25) is 0 Å². The third kappa shape index (κ3) is 4.98. The van der Waals surface area contributed by atoms with Crippen molar-refractivity contribution >= 4 is 0 Å². The van der Waals surface area contributed by atoms with E-state index in [1.165, 1.54) is 38.6 Å². The first-order chi connectivity index (χ1) is 7.24. The molecule has 0 aromatic carbocycles. The molecule has 1 unspecified atom stereocenters. The predicted molar refractivity (Wildman–Crippen MR) is 67.2 cm³/mol. The molecule has 2 heteroatoms. The van der Waals surface area contributed by atoms with Gasteiger partial charge in [-0.1, -0.05) is 26.2 Å². The van der Waals surface area contributed by atoms with Crippen molar-refractivity contribution < 1.29 is 0 Å². The van der Waals surface area contributed by atoms with Crippen LogP contribution in [0, 0.1) is 5.92 Å². The van der Waals surface area contributed by atoms with Crippen LogP contribution in [-0.4, -0.2) is 37.6 Å². The fraction of sp³-hybridized carbons (Fsp3) is 1.00. The van der Waals surface area contributed by atoms with Gasteiger partial charge in [-0.3, -0.25) is 0 Å². The van der Waals surface area contributed by atoms with Crippen molar-refractivity contribution in [3.63, 3.8) is 0 Å². The lowest BCUT2D eigenvalue weighted by molar-refractivity contribution is 0.268. The SMILES string of the molecule is CCN(C)CCNC(C)C1CCCCC1. The Bertz CT molecular complexity index is 153. The summed E-state index contributed by atoms with van der Waals surface area (Å²) in [7, 11) is 2.19. The quantitative estimate of drug-likeness (QED) is 0.728. The molecule has 0 amide bonds. The highest BCUT2D eigenvalue weighted by molar-refractivity contribution is 4.75. The molecule has 1 N–H and O–H groups in total. The van der Waals surface area contributed by atoms with Crippen LogP contribution in [0.5, 0.6) is 0 Å². The molecule has 1 fully saturated rings. The third-order valence-corrected chi connectivity index (χ3v) is 3.86. The summed E-state index contributed by atoms with van der Waals surface area (Å²) in [4.78, 5) is 2.36. The summed E-state index contributed by atoms with van der Waals surface area (Å²) in [5.74, 6) is 0.936. The zero-order chi connectivity index (χ0) is 11.1. The smallest absolute Gasteiger partial charge is 0.0104 e. The molecule has 0 radical (unpaired) electrons. The molecule has 1 atom stereocenters. The fourth-order valence-electron chi connectivity index (χ4n) is 2.44. The molecule has 15 heavy (non-hydrogen) atoms. The molecule has 0 aliphatic heterocycles. The molecule has 2 nitrogen and oxygen atoms in total. The zero-order valence-electron chi connectivity index (χ0n) is 10.8. The molecule has 0 aromatic heterocycles. The number of likely N-dealkylation sites (N-methyl/N-ethyl adjacent to an activating group) is 1. The lowest BCUT2D eigenvalue weighted by Gasteiger charge is -2.29. The van der Waals surface area contributed by atoms with Gasteiger partial charge in [0, 0.05) is 19.1 Å². The molecule has 1 saturated carbocycles. The van der Waals surface area contributed by atoms with Crippen molar-refractivity contribution in [2.24, 2.45) is 5.92 Å². The molecule has 1 aliphatic rings. The summed E-state index contributed by atoms with van der Waals surface area (Å²) >= 11 is 0. The van der Waals surface area contributed by atoms with E-state index in [4.69, 9.17) is 0 Å². The van der Waals surface area contributed by atoms with Crippen LogP contribution in [0.4, 0.5) is 0 Å². The second-order valence-corrected chi connectivity index (χ2v) is 5.04. The molecule has 90 valence electrons. The van der Waals surface area contributed by atoms with Crippen LogP contribution < -0.4 is 5.32 Å². The van der Waals surface area contributed by atoms with Gasteiger partial charge in [-0.25, -0.2) is 0 Å². The molecule has 0 aromatic rings. The monoisotopic (exact) mass is 212 g/mol. The van der Waals surface area contributed by atoms with E-state index in [2.05, 4.69) is 31.1 Å². The molecular weight excluding hydrogens is 184 g/mol. The van der Waals surface area contributed by atoms with Crippen molar-refractivity contribution in [3.8, 4) is 0 Å². The Morgan fingerprint density at radius 2 is 1.93 bits per heavy atom. The van der Waals surface area contributed by atoms with E-state index in [1.54, 1.807) is 0 Å².